The summed E-state index contributed by atoms with van der Waals surface area (Å²) in [5.74, 6) is 9.40. The molecule has 8 nitrogen and oxygen atoms in total. The average molecular weight is 727 g/mol. The van der Waals surface area contributed by atoms with Gasteiger partial charge in [0.15, 0.2) is 0 Å². The molecule has 5 heterocycles. The van der Waals surface area contributed by atoms with Crippen molar-refractivity contribution in [2.75, 3.05) is 13.1 Å². The van der Waals surface area contributed by atoms with E-state index in [-0.39, 0.29) is 45.2 Å². The summed E-state index contributed by atoms with van der Waals surface area (Å²) in [4.78, 5) is 47.4. The van der Waals surface area contributed by atoms with Gasteiger partial charge in [0.05, 0.1) is 28.5 Å². The van der Waals surface area contributed by atoms with Gasteiger partial charge >= 0.3 is 0 Å². The molecule has 0 saturated carbocycles. The molecule has 4 unspecified atom stereocenters. The lowest BCUT2D eigenvalue weighted by Gasteiger charge is -2.35. The minimum absolute atomic E-state index is 0.00733. The predicted molar refractivity (Wildman–Crippen MR) is 214 cm³/mol. The second-order valence-corrected chi connectivity index (χ2v) is 18.0. The summed E-state index contributed by atoms with van der Waals surface area (Å²) in [7, 11) is 0. The van der Waals surface area contributed by atoms with E-state index in [2.05, 4.69) is 128 Å². The van der Waals surface area contributed by atoms with E-state index in [1.165, 1.54) is 0 Å². The van der Waals surface area contributed by atoms with Crippen LogP contribution in [-0.4, -0.2) is 59.5 Å². The zero-order valence-corrected chi connectivity index (χ0v) is 32.7. The number of carbonyl (C=O) groups excluding carboxylic acids is 2. The molecule has 3 aliphatic rings. The van der Waals surface area contributed by atoms with E-state index in [1.807, 2.05) is 23.6 Å². The first-order chi connectivity index (χ1) is 25.4. The summed E-state index contributed by atoms with van der Waals surface area (Å²) in [6.07, 6.45) is 5.74. The third-order valence-electron chi connectivity index (χ3n) is 12.4. The van der Waals surface area contributed by atoms with Gasteiger partial charge in [0.2, 0.25) is 11.8 Å². The lowest BCUT2D eigenvalue weighted by Crippen LogP contribution is -2.47. The van der Waals surface area contributed by atoms with Crippen molar-refractivity contribution < 1.29 is 9.59 Å². The summed E-state index contributed by atoms with van der Waals surface area (Å²) < 4.78 is 0. The highest BCUT2D eigenvalue weighted by molar-refractivity contribution is 8.08. The monoisotopic (exact) mass is 726 g/mol. The minimum atomic E-state index is -0.388. The predicted octanol–water partition coefficient (Wildman–Crippen LogP) is 9.25. The van der Waals surface area contributed by atoms with E-state index >= 15 is 0 Å². The van der Waals surface area contributed by atoms with Crippen LogP contribution in [0, 0.1) is 35.0 Å². The van der Waals surface area contributed by atoms with Crippen molar-refractivity contribution in [3.05, 3.63) is 83.7 Å². The Morgan fingerprint density at radius 3 is 2.45 bits per heavy atom. The lowest BCUT2D eigenvalue weighted by atomic mass is 9.79. The molecule has 0 radical (unpaired) electrons. The number of fused-ring (bicyclic) bond motifs is 2. The van der Waals surface area contributed by atoms with Gasteiger partial charge in [-0.1, -0.05) is 78.7 Å². The molecular formula is C44H50N6O2S. The van der Waals surface area contributed by atoms with E-state index in [0.717, 1.165) is 94.6 Å². The molecule has 2 N–H and O–H groups in total. The molecule has 3 aliphatic heterocycles. The molecule has 2 amide bonds. The Morgan fingerprint density at radius 1 is 0.906 bits per heavy atom. The molecule has 0 bridgehead atoms. The van der Waals surface area contributed by atoms with Crippen LogP contribution in [0.2, 0.25) is 0 Å². The van der Waals surface area contributed by atoms with Crippen molar-refractivity contribution in [1.29, 1.82) is 0 Å². The number of hydrogen-bond acceptors (Lipinski definition) is 5. The van der Waals surface area contributed by atoms with Gasteiger partial charge in [-0.2, -0.15) is 0 Å². The zero-order valence-electron chi connectivity index (χ0n) is 31.9. The molecule has 4 atom stereocenters. The Kier molecular flexibility index (Phi) is 8.96. The molecule has 5 aromatic rings. The number of benzene rings is 3. The Balaban J connectivity index is 0.967. The molecule has 1 spiro atoms. The Labute approximate surface area is 316 Å². The van der Waals surface area contributed by atoms with Crippen LogP contribution < -0.4 is 0 Å². The first-order valence-electron chi connectivity index (χ1n) is 19.3. The Morgan fingerprint density at radius 2 is 1.66 bits per heavy atom. The summed E-state index contributed by atoms with van der Waals surface area (Å²) in [6, 6.07) is 19.3. The van der Waals surface area contributed by atoms with Crippen molar-refractivity contribution in [1.82, 2.24) is 29.7 Å². The number of imidazole rings is 2. The number of hydrogen-bond donors (Lipinski definition) is 2. The van der Waals surface area contributed by atoms with Crippen LogP contribution in [0.1, 0.15) is 108 Å². The van der Waals surface area contributed by atoms with Gasteiger partial charge < -0.3 is 19.8 Å². The van der Waals surface area contributed by atoms with Crippen molar-refractivity contribution >= 4 is 45.4 Å². The van der Waals surface area contributed by atoms with Crippen LogP contribution in [0.15, 0.2) is 60.8 Å². The fourth-order valence-corrected chi connectivity index (χ4v) is 9.41. The van der Waals surface area contributed by atoms with E-state index < -0.39 is 0 Å². The molecule has 2 aromatic heterocycles. The number of aromatic nitrogens is 4. The van der Waals surface area contributed by atoms with Crippen molar-refractivity contribution in [3.63, 3.8) is 0 Å². The van der Waals surface area contributed by atoms with Gasteiger partial charge in [0.25, 0.3) is 0 Å². The van der Waals surface area contributed by atoms with Crippen LogP contribution in [0.3, 0.4) is 0 Å². The molecule has 9 heteroatoms. The van der Waals surface area contributed by atoms with E-state index in [4.69, 9.17) is 4.98 Å². The summed E-state index contributed by atoms with van der Waals surface area (Å²) in [5, 5.41) is 2.45. The summed E-state index contributed by atoms with van der Waals surface area (Å²) in [5.41, 5.74) is 5.54. The van der Waals surface area contributed by atoms with Crippen molar-refractivity contribution in [2.45, 2.75) is 90.3 Å². The third-order valence-corrected chi connectivity index (χ3v) is 14.1. The van der Waals surface area contributed by atoms with Crippen LogP contribution in [-0.2, 0) is 9.59 Å². The van der Waals surface area contributed by atoms with Gasteiger partial charge in [-0.3, -0.25) is 9.59 Å². The number of nitrogens with one attached hydrogen (secondary N) is 2. The summed E-state index contributed by atoms with van der Waals surface area (Å²) >= 11 is 1.88. The van der Waals surface area contributed by atoms with Crippen molar-refractivity contribution in [3.8, 4) is 23.0 Å². The zero-order chi connectivity index (χ0) is 37.2. The SMILES string of the molecule is CC(C)C(C)C(=O)N1CCCC1c1ncc(C#Cc2ccc3cc(-c4ccc5nc(C6SC67CCCN7C(=O)C(C)(C)C(C)C)[nH]c5c4)ccc3c2)[nH]1. The first-order valence-corrected chi connectivity index (χ1v) is 20.1. The first kappa shape index (κ1) is 35.5. The van der Waals surface area contributed by atoms with E-state index in [0.29, 0.717) is 5.92 Å². The van der Waals surface area contributed by atoms with Crippen LogP contribution in [0.5, 0.6) is 0 Å². The molecular weight excluding hydrogens is 677 g/mol. The number of amides is 2. The van der Waals surface area contributed by atoms with E-state index in [1.54, 1.807) is 6.20 Å². The number of likely N-dealkylation sites (tertiary alicyclic amines) is 2. The number of carbonyl (C=O) groups is 2. The normalized spacial score (nSPS) is 22.0. The molecule has 3 fully saturated rings. The fraction of sp³-hybridized carbons (Fsp3) is 0.455. The number of nitrogens with zero attached hydrogens (tertiary/aromatic N) is 4. The largest absolute Gasteiger partial charge is 0.341 e. The van der Waals surface area contributed by atoms with Gasteiger partial charge in [0, 0.05) is 30.0 Å². The second-order valence-electron chi connectivity index (χ2n) is 16.6. The lowest BCUT2D eigenvalue weighted by molar-refractivity contribution is -0.143. The number of rotatable bonds is 7. The molecule has 274 valence electrons. The highest BCUT2D eigenvalue weighted by Crippen LogP contribution is 2.70. The van der Waals surface area contributed by atoms with Gasteiger partial charge in [-0.05, 0) is 95.7 Å². The van der Waals surface area contributed by atoms with Gasteiger partial charge in [0.1, 0.15) is 22.2 Å². The second kappa shape index (κ2) is 13.4. The van der Waals surface area contributed by atoms with E-state index in [9.17, 15) is 9.59 Å². The summed E-state index contributed by atoms with van der Waals surface area (Å²) in [6.45, 7) is 16.3. The Hall–Kier alpha value is -4.55. The maximum absolute atomic E-state index is 13.7. The Bertz CT molecular complexity index is 2290. The number of H-pyrrole nitrogens is 2. The molecule has 3 aromatic carbocycles. The maximum atomic E-state index is 13.7. The quantitative estimate of drug-likeness (QED) is 0.129. The van der Waals surface area contributed by atoms with Crippen LogP contribution in [0.4, 0.5) is 0 Å². The number of aromatic amines is 2. The molecule has 3 saturated heterocycles. The topological polar surface area (TPSA) is 98.0 Å². The molecule has 0 aliphatic carbocycles. The maximum Gasteiger partial charge on any atom is 0.229 e. The van der Waals surface area contributed by atoms with Gasteiger partial charge in [-0.15, -0.1) is 11.8 Å². The molecule has 8 rings (SSSR count). The fourth-order valence-electron chi connectivity index (χ4n) is 7.92. The van der Waals surface area contributed by atoms with Crippen LogP contribution in [0.25, 0.3) is 32.9 Å². The van der Waals surface area contributed by atoms with Crippen LogP contribution >= 0.6 is 11.8 Å². The highest BCUT2D eigenvalue weighted by atomic mass is 32.2. The standard InChI is InChI=1S/C44H50N6O2S/c1-26(2)28(5)41(51)49-20-8-10-37(49)39-45-25-34(46-39)17-12-29-11-13-31-23-32(15-14-30(31)22-29)33-16-18-35-36(24-33)48-40(47-35)38-44(53-38)19-9-21-50(44)42(52)43(6,7)27(3)4/h11,13-16,18,22-28,37-38H,8-10,19-21H2,1-7H3,(H,45,46)(H,47,48). The average Bonchev–Trinajstić information content (AvgIpc) is 3.70. The number of thioether (sulfide) groups is 1. The third kappa shape index (κ3) is 6.33. The minimum Gasteiger partial charge on any atom is -0.341 e. The van der Waals surface area contributed by atoms with Gasteiger partial charge in [-0.25, -0.2) is 9.97 Å². The highest BCUT2D eigenvalue weighted by Gasteiger charge is 2.66. The molecule has 53 heavy (non-hydrogen) atoms. The smallest absolute Gasteiger partial charge is 0.229 e. The van der Waals surface area contributed by atoms with Crippen molar-refractivity contribution in [2.24, 2.45) is 23.2 Å².